The van der Waals surface area contributed by atoms with Gasteiger partial charge < -0.3 is 14.4 Å². The van der Waals surface area contributed by atoms with Gasteiger partial charge in [-0.25, -0.2) is 0 Å². The molecule has 0 saturated heterocycles. The van der Waals surface area contributed by atoms with Crippen LogP contribution in [0.4, 0.5) is 0 Å². The van der Waals surface area contributed by atoms with E-state index >= 15 is 0 Å². The van der Waals surface area contributed by atoms with E-state index < -0.39 is 0 Å². The standard InChI is InChI=1S/C17H23N3O3/c1-5-22-14-8-6-7-9-15(14)23-11-10-20(4)17(21)16-12(2)18-19-13(16)3/h6-9H,5,10-11H2,1-4H3,(H,18,19). The van der Waals surface area contributed by atoms with Crippen LogP contribution in [0, 0.1) is 13.8 Å². The lowest BCUT2D eigenvalue weighted by molar-refractivity contribution is 0.0771. The SMILES string of the molecule is CCOc1ccccc1OCCN(C)C(=O)c1c(C)n[nH]c1C. The highest BCUT2D eigenvalue weighted by Gasteiger charge is 2.19. The van der Waals surface area contributed by atoms with Crippen molar-refractivity contribution in [2.45, 2.75) is 20.8 Å². The molecule has 0 unspecified atom stereocenters. The van der Waals surface area contributed by atoms with Gasteiger partial charge in [0.25, 0.3) is 5.91 Å². The molecule has 1 amide bonds. The number of nitrogens with zero attached hydrogens (tertiary/aromatic N) is 2. The van der Waals surface area contributed by atoms with Crippen LogP contribution in [0.3, 0.4) is 0 Å². The van der Waals surface area contributed by atoms with Crippen LogP contribution in [0.15, 0.2) is 24.3 Å². The van der Waals surface area contributed by atoms with Gasteiger partial charge in [-0.15, -0.1) is 0 Å². The molecule has 6 nitrogen and oxygen atoms in total. The van der Waals surface area contributed by atoms with E-state index in [-0.39, 0.29) is 5.91 Å². The lowest BCUT2D eigenvalue weighted by Gasteiger charge is -2.18. The molecule has 0 aliphatic heterocycles. The molecule has 1 N–H and O–H groups in total. The quantitative estimate of drug-likeness (QED) is 0.852. The molecule has 0 bridgehead atoms. The van der Waals surface area contributed by atoms with Crippen LogP contribution in [-0.2, 0) is 0 Å². The van der Waals surface area contributed by atoms with Gasteiger partial charge in [0.05, 0.1) is 24.4 Å². The fourth-order valence-corrected chi connectivity index (χ4v) is 2.30. The Hall–Kier alpha value is -2.50. The van der Waals surface area contributed by atoms with Crippen molar-refractivity contribution in [3.8, 4) is 11.5 Å². The zero-order valence-electron chi connectivity index (χ0n) is 14.0. The summed E-state index contributed by atoms with van der Waals surface area (Å²) in [5, 5.41) is 6.89. The summed E-state index contributed by atoms with van der Waals surface area (Å²) in [7, 11) is 1.76. The number of carbonyl (C=O) groups is 1. The molecule has 23 heavy (non-hydrogen) atoms. The lowest BCUT2D eigenvalue weighted by Crippen LogP contribution is -2.31. The van der Waals surface area contributed by atoms with E-state index in [0.29, 0.717) is 42.5 Å². The third-order valence-electron chi connectivity index (χ3n) is 3.52. The van der Waals surface area contributed by atoms with Gasteiger partial charge in [-0.2, -0.15) is 5.10 Å². The van der Waals surface area contributed by atoms with Gasteiger partial charge in [-0.1, -0.05) is 12.1 Å². The van der Waals surface area contributed by atoms with Gasteiger partial charge in [0.15, 0.2) is 11.5 Å². The Kier molecular flexibility index (Phi) is 5.62. The zero-order valence-corrected chi connectivity index (χ0v) is 14.0. The number of hydrogen-bond donors (Lipinski definition) is 1. The Bertz CT molecular complexity index is 647. The number of rotatable bonds is 7. The van der Waals surface area contributed by atoms with Crippen molar-refractivity contribution in [2.24, 2.45) is 0 Å². The third kappa shape index (κ3) is 4.03. The summed E-state index contributed by atoms with van der Waals surface area (Å²) in [6.45, 7) is 7.04. The van der Waals surface area contributed by atoms with Crippen molar-refractivity contribution in [1.29, 1.82) is 0 Å². The molecule has 0 fully saturated rings. The van der Waals surface area contributed by atoms with Gasteiger partial charge in [-0.05, 0) is 32.9 Å². The molecule has 0 spiro atoms. The smallest absolute Gasteiger partial charge is 0.257 e. The highest BCUT2D eigenvalue weighted by atomic mass is 16.5. The number of likely N-dealkylation sites (N-methyl/N-ethyl adjacent to an activating group) is 1. The van der Waals surface area contributed by atoms with E-state index in [1.54, 1.807) is 11.9 Å². The molecule has 0 radical (unpaired) electrons. The first-order valence-corrected chi connectivity index (χ1v) is 7.66. The summed E-state index contributed by atoms with van der Waals surface area (Å²) in [5.41, 5.74) is 2.12. The zero-order chi connectivity index (χ0) is 16.8. The normalized spacial score (nSPS) is 10.4. The monoisotopic (exact) mass is 317 g/mol. The Morgan fingerprint density at radius 1 is 1.22 bits per heavy atom. The average molecular weight is 317 g/mol. The van der Waals surface area contributed by atoms with Gasteiger partial charge >= 0.3 is 0 Å². The largest absolute Gasteiger partial charge is 0.490 e. The summed E-state index contributed by atoms with van der Waals surface area (Å²) in [6, 6.07) is 7.52. The minimum absolute atomic E-state index is 0.0598. The van der Waals surface area contributed by atoms with Crippen LogP contribution in [0.1, 0.15) is 28.7 Å². The van der Waals surface area contributed by atoms with Crippen LogP contribution < -0.4 is 9.47 Å². The van der Waals surface area contributed by atoms with Crippen LogP contribution >= 0.6 is 0 Å². The minimum Gasteiger partial charge on any atom is -0.490 e. The molecule has 2 rings (SSSR count). The Morgan fingerprint density at radius 3 is 2.43 bits per heavy atom. The Labute approximate surface area is 136 Å². The van der Waals surface area contributed by atoms with E-state index in [0.717, 1.165) is 5.69 Å². The summed E-state index contributed by atoms with van der Waals surface area (Å²) in [6.07, 6.45) is 0. The van der Waals surface area contributed by atoms with Gasteiger partial charge in [-0.3, -0.25) is 9.89 Å². The number of nitrogens with one attached hydrogen (secondary N) is 1. The molecule has 0 aliphatic rings. The van der Waals surface area contributed by atoms with E-state index in [1.807, 2.05) is 45.0 Å². The molecule has 1 heterocycles. The maximum absolute atomic E-state index is 12.4. The second-order valence-electron chi connectivity index (χ2n) is 5.26. The first kappa shape index (κ1) is 16.9. The summed E-state index contributed by atoms with van der Waals surface area (Å²) in [4.78, 5) is 14.1. The third-order valence-corrected chi connectivity index (χ3v) is 3.52. The maximum Gasteiger partial charge on any atom is 0.257 e. The van der Waals surface area contributed by atoms with Crippen LogP contribution in [0.25, 0.3) is 0 Å². The summed E-state index contributed by atoms with van der Waals surface area (Å²) in [5.74, 6) is 1.34. The Balaban J connectivity index is 1.93. The highest BCUT2D eigenvalue weighted by molar-refractivity contribution is 5.96. The molecule has 2 aromatic rings. The summed E-state index contributed by atoms with van der Waals surface area (Å²) < 4.78 is 11.3. The predicted octanol–water partition coefficient (Wildman–Crippen LogP) is 2.58. The first-order chi connectivity index (χ1) is 11.0. The van der Waals surface area contributed by atoms with Crippen molar-refractivity contribution in [3.05, 3.63) is 41.2 Å². The number of aryl methyl sites for hydroxylation is 2. The van der Waals surface area contributed by atoms with E-state index in [9.17, 15) is 4.79 Å². The van der Waals surface area contributed by atoms with E-state index in [4.69, 9.17) is 9.47 Å². The molecule has 124 valence electrons. The van der Waals surface area contributed by atoms with Crippen molar-refractivity contribution in [3.63, 3.8) is 0 Å². The number of aromatic amines is 1. The van der Waals surface area contributed by atoms with Crippen LogP contribution in [0.5, 0.6) is 11.5 Å². The lowest BCUT2D eigenvalue weighted by atomic mass is 10.2. The molecule has 0 aliphatic carbocycles. The van der Waals surface area contributed by atoms with E-state index in [2.05, 4.69) is 10.2 Å². The fourth-order valence-electron chi connectivity index (χ4n) is 2.30. The van der Waals surface area contributed by atoms with Crippen LogP contribution in [-0.4, -0.2) is 47.8 Å². The fraction of sp³-hybridized carbons (Fsp3) is 0.412. The average Bonchev–Trinajstić information content (AvgIpc) is 2.87. The van der Waals surface area contributed by atoms with Crippen molar-refractivity contribution in [2.75, 3.05) is 26.8 Å². The van der Waals surface area contributed by atoms with Crippen molar-refractivity contribution in [1.82, 2.24) is 15.1 Å². The topological polar surface area (TPSA) is 67.5 Å². The number of amides is 1. The second kappa shape index (κ2) is 7.67. The Morgan fingerprint density at radius 2 is 1.87 bits per heavy atom. The maximum atomic E-state index is 12.4. The van der Waals surface area contributed by atoms with Crippen LogP contribution in [0.2, 0.25) is 0 Å². The molecular formula is C17H23N3O3. The second-order valence-corrected chi connectivity index (χ2v) is 5.26. The number of hydrogen-bond acceptors (Lipinski definition) is 4. The molecule has 0 atom stereocenters. The number of para-hydroxylation sites is 2. The molecule has 6 heteroatoms. The summed E-state index contributed by atoms with van der Waals surface area (Å²) >= 11 is 0. The van der Waals surface area contributed by atoms with Gasteiger partial charge in [0.2, 0.25) is 0 Å². The van der Waals surface area contributed by atoms with Crippen molar-refractivity contribution >= 4 is 5.91 Å². The molecule has 0 saturated carbocycles. The number of benzene rings is 1. The van der Waals surface area contributed by atoms with Gasteiger partial charge in [0.1, 0.15) is 6.61 Å². The minimum atomic E-state index is -0.0598. The number of ether oxygens (including phenoxy) is 2. The first-order valence-electron chi connectivity index (χ1n) is 7.66. The highest BCUT2D eigenvalue weighted by Crippen LogP contribution is 2.26. The van der Waals surface area contributed by atoms with Crippen molar-refractivity contribution < 1.29 is 14.3 Å². The molecule has 1 aromatic heterocycles. The number of H-pyrrole nitrogens is 1. The molecule has 1 aromatic carbocycles. The predicted molar refractivity (Wildman–Crippen MR) is 88.1 cm³/mol. The van der Waals surface area contributed by atoms with Gasteiger partial charge in [0, 0.05) is 12.7 Å². The molecular weight excluding hydrogens is 294 g/mol. The number of carbonyl (C=O) groups excluding carboxylic acids is 1. The van der Waals surface area contributed by atoms with E-state index in [1.165, 1.54) is 0 Å². The number of aromatic nitrogens is 2.